The van der Waals surface area contributed by atoms with E-state index < -0.39 is 0 Å². The second-order valence-electron chi connectivity index (χ2n) is 12.5. The van der Waals surface area contributed by atoms with Gasteiger partial charge in [0.25, 0.3) is 0 Å². The van der Waals surface area contributed by atoms with Crippen LogP contribution < -0.4 is 24.8 Å². The van der Waals surface area contributed by atoms with Crippen molar-refractivity contribution in [3.63, 3.8) is 0 Å². The second-order valence-corrected chi connectivity index (χ2v) is 13.9. The van der Waals surface area contributed by atoms with Crippen LogP contribution in [-0.2, 0) is 30.7 Å². The van der Waals surface area contributed by atoms with Gasteiger partial charge in [0.05, 0.1) is 0 Å². The normalized spacial score (nSPS) is 10.8. The molecule has 0 saturated heterocycles. The molecule has 0 fully saturated rings. The van der Waals surface area contributed by atoms with Crippen LogP contribution in [0.3, 0.4) is 0 Å². The summed E-state index contributed by atoms with van der Waals surface area (Å²) in [7, 11) is 0. The van der Waals surface area contributed by atoms with Crippen LogP contribution in [0.4, 0.5) is 0 Å². The number of rotatable bonds is 6. The van der Waals surface area contributed by atoms with Gasteiger partial charge in [0, 0.05) is 0 Å². The molecule has 8 aromatic rings. The van der Waals surface area contributed by atoms with Gasteiger partial charge in [0.15, 0.2) is 0 Å². The van der Waals surface area contributed by atoms with Gasteiger partial charge in [0.2, 0.25) is 0 Å². The van der Waals surface area contributed by atoms with Gasteiger partial charge >= 0.3 is 183 Å². The molecule has 0 atom stereocenters. The monoisotopic (exact) mass is 786 g/mol. The van der Waals surface area contributed by atoms with Crippen LogP contribution >= 0.6 is 0 Å². The van der Waals surface area contributed by atoms with Crippen LogP contribution in [0.25, 0.3) is 21.9 Å². The van der Waals surface area contributed by atoms with Crippen molar-refractivity contribution in [2.75, 3.05) is 0 Å². The zero-order valence-corrected chi connectivity index (χ0v) is 32.7. The van der Waals surface area contributed by atoms with Gasteiger partial charge in [-0.25, -0.2) is 12.1 Å². The van der Waals surface area contributed by atoms with E-state index in [1.165, 1.54) is 82.7 Å². The van der Waals surface area contributed by atoms with Crippen molar-refractivity contribution in [3.05, 3.63) is 246 Å². The van der Waals surface area contributed by atoms with E-state index in [1.807, 2.05) is 36.4 Å². The third-order valence-electron chi connectivity index (χ3n) is 9.33. The minimum atomic E-state index is 0. The first-order valence-corrected chi connectivity index (χ1v) is 18.5. The molecular weight excluding hydrogens is 751 g/mol. The average Bonchev–Trinajstić information content (AvgIpc) is 3.90. The maximum atomic E-state index is 3.39. The summed E-state index contributed by atoms with van der Waals surface area (Å²) in [5.74, 6) is 0.567. The van der Waals surface area contributed by atoms with Gasteiger partial charge in [-0.15, -0.1) is 40.6 Å². The molecule has 1 aliphatic carbocycles. The third-order valence-corrected chi connectivity index (χ3v) is 10.7. The van der Waals surface area contributed by atoms with Gasteiger partial charge < -0.3 is 24.8 Å². The number of fused-ring (bicyclic) bond motifs is 5. The van der Waals surface area contributed by atoms with E-state index in [9.17, 15) is 0 Å². The Balaban J connectivity index is 0.000000184. The SMILES string of the molecule is [Cl-].[Cl-].[Zr+2]=[C](C(c1ccccc1)c1ccccc1)C(c1ccccc1)c1ccccc1.[c-]1cccc2ccc3c(c12)Cc1ccccc1-3.c1cc[cH-]c1. The fourth-order valence-corrected chi connectivity index (χ4v) is 8.63. The van der Waals surface area contributed by atoms with E-state index >= 15 is 0 Å². The molecule has 52 heavy (non-hydrogen) atoms. The third kappa shape index (κ3) is 9.09. The van der Waals surface area contributed by atoms with Gasteiger partial charge in [-0.1, -0.05) is 42.0 Å². The van der Waals surface area contributed by atoms with Gasteiger partial charge in [-0.2, -0.15) is 18.2 Å². The number of hydrogen-bond acceptors (Lipinski definition) is 0. The van der Waals surface area contributed by atoms with Gasteiger partial charge in [0.1, 0.15) is 0 Å². The molecule has 0 unspecified atom stereocenters. The molecule has 3 heteroatoms. The molecule has 9 rings (SSSR count). The largest absolute Gasteiger partial charge is 0.214 e. The van der Waals surface area contributed by atoms with Gasteiger partial charge in [-0.05, 0) is 17.5 Å². The van der Waals surface area contributed by atoms with Crippen molar-refractivity contribution in [2.24, 2.45) is 0 Å². The first kappa shape index (κ1) is 38.7. The van der Waals surface area contributed by atoms with Crippen molar-refractivity contribution in [1.29, 1.82) is 0 Å². The topological polar surface area (TPSA) is 0 Å². The molecular formula is C49H38Cl2Zr-2. The Kier molecular flexibility index (Phi) is 14.4. The summed E-state index contributed by atoms with van der Waals surface area (Å²) in [5.41, 5.74) is 11.1. The van der Waals surface area contributed by atoms with Crippen LogP contribution in [0.15, 0.2) is 206 Å². The molecule has 1 aliphatic rings. The summed E-state index contributed by atoms with van der Waals surface area (Å²) in [5, 5.41) is 2.57. The molecule has 0 saturated carbocycles. The summed E-state index contributed by atoms with van der Waals surface area (Å²) in [4.78, 5) is 0. The molecule has 0 spiro atoms. The van der Waals surface area contributed by atoms with E-state index in [2.05, 4.69) is 176 Å². The Morgan fingerprint density at radius 1 is 0.481 bits per heavy atom. The minimum absolute atomic E-state index is 0. The van der Waals surface area contributed by atoms with Crippen molar-refractivity contribution < 1.29 is 49.0 Å². The van der Waals surface area contributed by atoms with Crippen molar-refractivity contribution in [2.45, 2.75) is 18.3 Å². The molecule has 254 valence electrons. The van der Waals surface area contributed by atoms with E-state index in [0.717, 1.165) is 6.42 Å². The molecule has 0 heterocycles. The van der Waals surface area contributed by atoms with Crippen LogP contribution in [0, 0.1) is 6.07 Å². The molecule has 8 aromatic carbocycles. The van der Waals surface area contributed by atoms with E-state index in [4.69, 9.17) is 0 Å². The first-order chi connectivity index (χ1) is 24.8. The van der Waals surface area contributed by atoms with Crippen LogP contribution in [0.2, 0.25) is 0 Å². The Bertz CT molecular complexity index is 2070. The summed E-state index contributed by atoms with van der Waals surface area (Å²) in [6.45, 7) is 0. The Hall–Kier alpha value is -4.52. The van der Waals surface area contributed by atoms with Crippen LogP contribution in [0.1, 0.15) is 45.2 Å². The smallest absolute Gasteiger partial charge is 0.0246 e. The average molecular weight is 789 g/mol. The van der Waals surface area contributed by atoms with Crippen molar-refractivity contribution >= 4 is 14.0 Å². The number of halogens is 2. The molecule has 0 N–H and O–H groups in total. The maximum Gasteiger partial charge on any atom is -0.0246 e. The first-order valence-electron chi connectivity index (χ1n) is 17.2. The molecule has 0 aromatic heterocycles. The summed E-state index contributed by atoms with van der Waals surface area (Å²) in [6.07, 6.45) is 1.04. The van der Waals surface area contributed by atoms with E-state index in [1.54, 1.807) is 0 Å². The van der Waals surface area contributed by atoms with Gasteiger partial charge in [-0.3, -0.25) is 0 Å². The van der Waals surface area contributed by atoms with E-state index in [0.29, 0.717) is 0 Å². The Morgan fingerprint density at radius 3 is 1.40 bits per heavy atom. The standard InChI is InChI=1S/C27H22.C17H11.C5H5.2ClH.Zr/c1-5-13-22(14-6-1)26(23-15-7-2-8-16-23)21-27(24-17-9-3-10-18-24)25-19-11-4-12-20-25;1-3-7-14-12(5-1)9-10-16-15-8-4-2-6-13(15)11-17(14)16;1-2-4-5-3-1;;;/h1-20,26-27H;1-6,8-10H,11H2;1-5H;2*1H;/q;2*-1;;;+2/p-2. The Labute approximate surface area is 335 Å². The minimum Gasteiger partial charge on any atom is -0.214 e. The Morgan fingerprint density at radius 2 is 0.942 bits per heavy atom. The van der Waals surface area contributed by atoms with Crippen LogP contribution in [0.5, 0.6) is 0 Å². The van der Waals surface area contributed by atoms with E-state index in [-0.39, 0.29) is 36.6 Å². The summed E-state index contributed by atoms with van der Waals surface area (Å²) in [6, 6.07) is 76.4. The molecule has 0 bridgehead atoms. The number of hydrogen-bond donors (Lipinski definition) is 0. The molecule has 0 amide bonds. The zero-order chi connectivity index (χ0) is 34.0. The second kappa shape index (κ2) is 19.4. The zero-order valence-electron chi connectivity index (χ0n) is 28.7. The summed E-state index contributed by atoms with van der Waals surface area (Å²) < 4.78 is 1.53. The predicted molar refractivity (Wildman–Crippen MR) is 208 cm³/mol. The maximum absolute atomic E-state index is 3.39. The fourth-order valence-electron chi connectivity index (χ4n) is 6.99. The fraction of sp³-hybridized carbons (Fsp3) is 0.0612. The molecule has 0 nitrogen and oxygen atoms in total. The van der Waals surface area contributed by atoms with Crippen LogP contribution in [-0.4, -0.2) is 3.21 Å². The van der Waals surface area contributed by atoms with Crippen molar-refractivity contribution in [3.8, 4) is 11.1 Å². The molecule has 0 radical (unpaired) electrons. The number of benzene rings is 7. The molecule has 0 aliphatic heterocycles. The summed E-state index contributed by atoms with van der Waals surface area (Å²) >= 11 is 1.47. The predicted octanol–water partition coefficient (Wildman–Crippen LogP) is 5.99. The quantitative estimate of drug-likeness (QED) is 0.182. The van der Waals surface area contributed by atoms with Crippen molar-refractivity contribution in [1.82, 2.24) is 0 Å².